The molecule has 0 spiro atoms. The normalized spacial score (nSPS) is 10.9. The second-order valence-electron chi connectivity index (χ2n) is 4.82. The summed E-state index contributed by atoms with van der Waals surface area (Å²) in [5.41, 5.74) is 0.589. The van der Waals surface area contributed by atoms with E-state index in [1.807, 2.05) is 0 Å². The lowest BCUT2D eigenvalue weighted by atomic mass is 10.2. The molecule has 1 aromatic rings. The van der Waals surface area contributed by atoms with Crippen LogP contribution in [-0.4, -0.2) is 23.9 Å². The molecule has 2 N–H and O–H groups in total. The fraction of sp³-hybridized carbons (Fsp3) is 0.462. The highest BCUT2D eigenvalue weighted by Gasteiger charge is 2.17. The number of rotatable bonds is 3. The van der Waals surface area contributed by atoms with Gasteiger partial charge in [-0.25, -0.2) is 4.79 Å². The maximum absolute atomic E-state index is 11.6. The number of carbonyl (C=O) groups excluding carboxylic acids is 1. The zero-order valence-electron chi connectivity index (χ0n) is 11.1. The Morgan fingerprint density at radius 2 is 2.06 bits per heavy atom. The first-order valence-electron chi connectivity index (χ1n) is 5.63. The molecule has 100 valence electrons. The Hall–Kier alpha value is -1.75. The monoisotopic (exact) mass is 253 g/mol. The average Bonchev–Trinajstić information content (AvgIpc) is 2.26. The summed E-state index contributed by atoms with van der Waals surface area (Å²) < 4.78 is 10.3. The predicted octanol–water partition coefficient (Wildman–Crippen LogP) is 2.53. The summed E-state index contributed by atoms with van der Waals surface area (Å²) in [4.78, 5) is 11.6. The molecule has 1 amide bonds. The molecule has 5 heteroatoms. The average molecular weight is 253 g/mol. The number of hydrogen-bond donors (Lipinski definition) is 2. The number of aliphatic hydroxyl groups excluding tert-OH is 1. The molecule has 1 rings (SSSR count). The summed E-state index contributed by atoms with van der Waals surface area (Å²) in [6.45, 7) is 5.25. The number of benzene rings is 1. The van der Waals surface area contributed by atoms with Gasteiger partial charge in [0.1, 0.15) is 11.4 Å². The zero-order chi connectivity index (χ0) is 13.8. The molecule has 0 heterocycles. The molecule has 0 unspecified atom stereocenters. The van der Waals surface area contributed by atoms with E-state index in [-0.39, 0.29) is 6.61 Å². The van der Waals surface area contributed by atoms with E-state index in [0.29, 0.717) is 17.0 Å². The molecule has 0 bridgehead atoms. The molecule has 0 aliphatic heterocycles. The summed E-state index contributed by atoms with van der Waals surface area (Å²) >= 11 is 0. The molecular weight excluding hydrogens is 234 g/mol. The van der Waals surface area contributed by atoms with Gasteiger partial charge in [0.05, 0.1) is 19.4 Å². The van der Waals surface area contributed by atoms with Gasteiger partial charge in [0.25, 0.3) is 0 Å². The molecule has 0 fully saturated rings. The van der Waals surface area contributed by atoms with E-state index in [1.54, 1.807) is 39.0 Å². The van der Waals surface area contributed by atoms with Gasteiger partial charge in [-0.2, -0.15) is 0 Å². The van der Waals surface area contributed by atoms with Gasteiger partial charge in [0, 0.05) is 0 Å². The highest BCUT2D eigenvalue weighted by atomic mass is 16.6. The van der Waals surface area contributed by atoms with Crippen molar-refractivity contribution < 1.29 is 19.4 Å². The number of ether oxygens (including phenoxy) is 2. The number of carbonyl (C=O) groups is 1. The number of methoxy groups -OCH3 is 1. The number of hydrogen-bond acceptors (Lipinski definition) is 4. The second-order valence-corrected chi connectivity index (χ2v) is 4.82. The van der Waals surface area contributed by atoms with Crippen LogP contribution < -0.4 is 10.1 Å². The number of amides is 1. The Bertz CT molecular complexity index is 423. The van der Waals surface area contributed by atoms with Gasteiger partial charge in [-0.3, -0.25) is 5.32 Å². The van der Waals surface area contributed by atoms with Crippen molar-refractivity contribution in [1.29, 1.82) is 0 Å². The molecule has 0 aliphatic rings. The smallest absolute Gasteiger partial charge is 0.412 e. The molecule has 1 aromatic carbocycles. The highest BCUT2D eigenvalue weighted by molar-refractivity contribution is 5.87. The summed E-state index contributed by atoms with van der Waals surface area (Å²) in [6.07, 6.45) is -0.559. The largest absolute Gasteiger partial charge is 0.495 e. The van der Waals surface area contributed by atoms with Gasteiger partial charge in [-0.15, -0.1) is 0 Å². The van der Waals surface area contributed by atoms with Crippen LogP contribution >= 0.6 is 0 Å². The van der Waals surface area contributed by atoms with Gasteiger partial charge < -0.3 is 14.6 Å². The van der Waals surface area contributed by atoms with Gasteiger partial charge in [-0.1, -0.05) is 6.07 Å². The fourth-order valence-electron chi connectivity index (χ4n) is 1.36. The standard InChI is InChI=1S/C13H19NO4/c1-13(2,3)18-12(16)14-10-7-9(8-15)5-6-11(10)17-4/h5-7,15H,8H2,1-4H3,(H,14,16). The van der Waals surface area contributed by atoms with Crippen LogP contribution in [0.15, 0.2) is 18.2 Å². The lowest BCUT2D eigenvalue weighted by molar-refractivity contribution is 0.0635. The minimum atomic E-state index is -0.564. The second kappa shape index (κ2) is 5.73. The van der Waals surface area contributed by atoms with E-state index in [9.17, 15) is 4.79 Å². The third-order valence-electron chi connectivity index (χ3n) is 2.08. The molecule has 0 atom stereocenters. The van der Waals surface area contributed by atoms with E-state index < -0.39 is 11.7 Å². The fourth-order valence-corrected chi connectivity index (χ4v) is 1.36. The lowest BCUT2D eigenvalue weighted by Gasteiger charge is -2.20. The molecule has 0 saturated carbocycles. The third kappa shape index (κ3) is 4.25. The topological polar surface area (TPSA) is 67.8 Å². The van der Waals surface area contributed by atoms with Gasteiger partial charge in [0.15, 0.2) is 0 Å². The summed E-state index contributed by atoms with van der Waals surface area (Å²) in [6, 6.07) is 5.04. The van der Waals surface area contributed by atoms with Crippen LogP contribution in [0.25, 0.3) is 0 Å². The minimum Gasteiger partial charge on any atom is -0.495 e. The highest BCUT2D eigenvalue weighted by Crippen LogP contribution is 2.26. The maximum atomic E-state index is 11.6. The van der Waals surface area contributed by atoms with Gasteiger partial charge in [-0.05, 0) is 38.5 Å². The molecule has 0 radical (unpaired) electrons. The predicted molar refractivity (Wildman–Crippen MR) is 68.8 cm³/mol. The van der Waals surface area contributed by atoms with Crippen molar-refractivity contribution in [3.63, 3.8) is 0 Å². The summed E-state index contributed by atoms with van der Waals surface area (Å²) in [5.74, 6) is 0.512. The van der Waals surface area contributed by atoms with E-state index in [1.165, 1.54) is 7.11 Å². The Labute approximate surface area is 107 Å². The first kappa shape index (κ1) is 14.3. The van der Waals surface area contributed by atoms with E-state index >= 15 is 0 Å². The quantitative estimate of drug-likeness (QED) is 0.868. The van der Waals surface area contributed by atoms with Crippen molar-refractivity contribution in [1.82, 2.24) is 0 Å². The van der Waals surface area contributed by atoms with Gasteiger partial charge >= 0.3 is 6.09 Å². The molecule has 5 nitrogen and oxygen atoms in total. The third-order valence-corrected chi connectivity index (χ3v) is 2.08. The maximum Gasteiger partial charge on any atom is 0.412 e. The molecule has 18 heavy (non-hydrogen) atoms. The van der Waals surface area contributed by atoms with Crippen molar-refractivity contribution in [2.24, 2.45) is 0 Å². The van der Waals surface area contributed by atoms with Crippen LogP contribution in [0.2, 0.25) is 0 Å². The van der Waals surface area contributed by atoms with Crippen LogP contribution in [0.1, 0.15) is 26.3 Å². The van der Waals surface area contributed by atoms with Crippen molar-refractivity contribution >= 4 is 11.8 Å². The lowest BCUT2D eigenvalue weighted by Crippen LogP contribution is -2.27. The Morgan fingerprint density at radius 3 is 2.56 bits per heavy atom. The van der Waals surface area contributed by atoms with Crippen LogP contribution in [0.4, 0.5) is 10.5 Å². The van der Waals surface area contributed by atoms with E-state index in [0.717, 1.165) is 0 Å². The molecular formula is C13H19NO4. The number of nitrogens with one attached hydrogen (secondary N) is 1. The van der Waals surface area contributed by atoms with Gasteiger partial charge in [0.2, 0.25) is 0 Å². The first-order chi connectivity index (χ1) is 8.35. The van der Waals surface area contributed by atoms with Crippen molar-refractivity contribution in [2.75, 3.05) is 12.4 Å². The Kier molecular flexibility index (Phi) is 4.55. The SMILES string of the molecule is COc1ccc(CO)cc1NC(=O)OC(C)(C)C. The van der Waals surface area contributed by atoms with E-state index in [4.69, 9.17) is 14.6 Å². The van der Waals surface area contributed by atoms with Crippen LogP contribution in [0.5, 0.6) is 5.75 Å². The first-order valence-corrected chi connectivity index (χ1v) is 5.63. The summed E-state index contributed by atoms with van der Waals surface area (Å²) in [5, 5.41) is 11.7. The van der Waals surface area contributed by atoms with Crippen LogP contribution in [0, 0.1) is 0 Å². The number of anilines is 1. The molecule has 0 aromatic heterocycles. The van der Waals surface area contributed by atoms with E-state index in [2.05, 4.69) is 5.32 Å². The summed E-state index contributed by atoms with van der Waals surface area (Å²) in [7, 11) is 1.51. The Morgan fingerprint density at radius 1 is 1.39 bits per heavy atom. The Balaban J connectivity index is 2.85. The van der Waals surface area contributed by atoms with Crippen molar-refractivity contribution in [2.45, 2.75) is 33.0 Å². The minimum absolute atomic E-state index is 0.104. The number of aliphatic hydroxyl groups is 1. The van der Waals surface area contributed by atoms with Crippen molar-refractivity contribution in [3.8, 4) is 5.75 Å². The zero-order valence-corrected chi connectivity index (χ0v) is 11.1. The van der Waals surface area contributed by atoms with Crippen LogP contribution in [-0.2, 0) is 11.3 Å². The molecule has 0 aliphatic carbocycles. The van der Waals surface area contributed by atoms with Crippen LogP contribution in [0.3, 0.4) is 0 Å². The van der Waals surface area contributed by atoms with Crippen molar-refractivity contribution in [3.05, 3.63) is 23.8 Å². The molecule has 0 saturated heterocycles.